The molecule has 0 aliphatic rings. The fourth-order valence-corrected chi connectivity index (χ4v) is 1.69. The first kappa shape index (κ1) is 11.7. The van der Waals surface area contributed by atoms with E-state index >= 15 is 0 Å². The zero-order chi connectivity index (χ0) is 11.6. The summed E-state index contributed by atoms with van der Waals surface area (Å²) < 4.78 is 1.76. The second-order valence-electron chi connectivity index (χ2n) is 4.11. The zero-order valence-electron chi connectivity index (χ0n) is 9.34. The lowest BCUT2D eigenvalue weighted by molar-refractivity contribution is -0.122. The summed E-state index contributed by atoms with van der Waals surface area (Å²) in [5.74, 6) is -0.237. The molecule has 1 amide bonds. The molecule has 1 rings (SSSR count). The Morgan fingerprint density at radius 3 is 2.47 bits per heavy atom. The molecule has 2 atom stereocenters. The summed E-state index contributed by atoms with van der Waals surface area (Å²) >= 11 is 0. The lowest BCUT2D eigenvalue weighted by Gasteiger charge is -2.22. The van der Waals surface area contributed by atoms with Crippen LogP contribution in [-0.2, 0) is 4.79 Å². The average Bonchev–Trinajstić information content (AvgIpc) is 2.51. The number of rotatable bonds is 4. The highest BCUT2D eigenvalue weighted by Gasteiger charge is 2.24. The third kappa shape index (κ3) is 2.36. The van der Waals surface area contributed by atoms with Gasteiger partial charge in [-0.3, -0.25) is 4.79 Å². The smallest absolute Gasteiger partial charge is 0.240 e. The summed E-state index contributed by atoms with van der Waals surface area (Å²) in [6.45, 7) is 5.74. The van der Waals surface area contributed by atoms with E-state index in [-0.39, 0.29) is 23.9 Å². The summed E-state index contributed by atoms with van der Waals surface area (Å²) in [5.41, 5.74) is 12.0. The molecular weight excluding hydrogens is 192 g/mol. The van der Waals surface area contributed by atoms with E-state index in [1.54, 1.807) is 17.1 Å². The highest BCUT2D eigenvalue weighted by atomic mass is 16.1. The van der Waals surface area contributed by atoms with Crippen LogP contribution in [0.25, 0.3) is 0 Å². The number of imidazole rings is 1. The number of carbonyl (C=O) groups is 1. The molecule has 0 bridgehead atoms. The van der Waals surface area contributed by atoms with Crippen LogP contribution in [-0.4, -0.2) is 15.5 Å². The molecule has 84 valence electrons. The van der Waals surface area contributed by atoms with E-state index in [4.69, 9.17) is 11.5 Å². The molecule has 5 heteroatoms. The van der Waals surface area contributed by atoms with Crippen LogP contribution in [0, 0.1) is 5.92 Å². The van der Waals surface area contributed by atoms with Crippen LogP contribution in [0.4, 0.5) is 0 Å². The van der Waals surface area contributed by atoms with Gasteiger partial charge in [0.15, 0.2) is 0 Å². The van der Waals surface area contributed by atoms with Gasteiger partial charge in [0.25, 0.3) is 0 Å². The van der Waals surface area contributed by atoms with Gasteiger partial charge in [0.1, 0.15) is 6.04 Å². The van der Waals surface area contributed by atoms with Gasteiger partial charge in [0.05, 0.1) is 12.0 Å². The van der Waals surface area contributed by atoms with Gasteiger partial charge in [-0.15, -0.1) is 0 Å². The van der Waals surface area contributed by atoms with E-state index in [1.165, 1.54) is 0 Å². The Kier molecular flexibility index (Phi) is 3.47. The van der Waals surface area contributed by atoms with Crippen molar-refractivity contribution < 1.29 is 4.79 Å². The Labute approximate surface area is 89.5 Å². The summed E-state index contributed by atoms with van der Waals surface area (Å²) in [6, 6.07) is -0.540. The molecule has 0 saturated carbocycles. The minimum atomic E-state index is -0.381. The van der Waals surface area contributed by atoms with Gasteiger partial charge in [-0.25, -0.2) is 4.98 Å². The van der Waals surface area contributed by atoms with Crippen molar-refractivity contribution in [2.75, 3.05) is 0 Å². The van der Waals surface area contributed by atoms with Crippen LogP contribution in [0.15, 0.2) is 12.5 Å². The first-order chi connectivity index (χ1) is 6.95. The fourth-order valence-electron chi connectivity index (χ4n) is 1.69. The van der Waals surface area contributed by atoms with Crippen molar-refractivity contribution in [2.45, 2.75) is 32.9 Å². The van der Waals surface area contributed by atoms with E-state index in [0.717, 1.165) is 5.69 Å². The quantitative estimate of drug-likeness (QED) is 0.762. The van der Waals surface area contributed by atoms with Gasteiger partial charge in [-0.05, 0) is 12.8 Å². The van der Waals surface area contributed by atoms with Crippen molar-refractivity contribution in [3.8, 4) is 0 Å². The Morgan fingerprint density at radius 1 is 1.47 bits per heavy atom. The Morgan fingerprint density at radius 2 is 2.07 bits per heavy atom. The number of aromatic nitrogens is 2. The summed E-state index contributed by atoms with van der Waals surface area (Å²) in [7, 11) is 0. The molecule has 0 saturated heterocycles. The lowest BCUT2D eigenvalue weighted by atomic mass is 10.0. The number of primary amides is 1. The van der Waals surface area contributed by atoms with Gasteiger partial charge in [-0.2, -0.15) is 0 Å². The summed E-state index contributed by atoms with van der Waals surface area (Å²) in [6.07, 6.45) is 3.27. The highest BCUT2D eigenvalue weighted by molar-refractivity contribution is 5.78. The van der Waals surface area contributed by atoms with Crippen molar-refractivity contribution in [1.29, 1.82) is 0 Å². The molecular formula is C10H18N4O. The first-order valence-electron chi connectivity index (χ1n) is 5.01. The maximum Gasteiger partial charge on any atom is 0.240 e. The van der Waals surface area contributed by atoms with E-state index in [0.29, 0.717) is 0 Å². The second-order valence-corrected chi connectivity index (χ2v) is 4.11. The molecule has 5 nitrogen and oxygen atoms in total. The summed E-state index contributed by atoms with van der Waals surface area (Å²) in [4.78, 5) is 15.4. The molecule has 1 unspecified atom stereocenters. The Balaban J connectivity index is 3.11. The molecule has 0 aromatic carbocycles. The predicted octanol–water partition coefficient (Wildman–Crippen LogP) is 0.585. The number of carbonyl (C=O) groups excluding carboxylic acids is 1. The first-order valence-corrected chi connectivity index (χ1v) is 5.01. The van der Waals surface area contributed by atoms with Gasteiger partial charge < -0.3 is 16.0 Å². The molecule has 1 aromatic heterocycles. The van der Waals surface area contributed by atoms with Gasteiger partial charge in [-0.1, -0.05) is 13.8 Å². The minimum Gasteiger partial charge on any atom is -0.368 e. The third-order valence-corrected chi connectivity index (χ3v) is 2.39. The predicted molar refractivity (Wildman–Crippen MR) is 57.9 cm³/mol. The number of nitrogens with zero attached hydrogens (tertiary/aromatic N) is 2. The number of hydrogen-bond donors (Lipinski definition) is 2. The zero-order valence-corrected chi connectivity index (χ0v) is 9.34. The standard InChI is InChI=1S/C10H18N4O/c1-6(2)9(10(12)15)14-5-13-4-8(14)7(3)11/h4-7,9H,11H2,1-3H3,(H2,12,15)/t7-,9?/m0/s1. The molecule has 0 fully saturated rings. The average molecular weight is 210 g/mol. The Hall–Kier alpha value is -1.36. The maximum atomic E-state index is 11.3. The SMILES string of the molecule is CC(C)C(C(N)=O)n1cncc1[C@H](C)N. The van der Waals surface area contributed by atoms with Crippen LogP contribution in [0.5, 0.6) is 0 Å². The van der Waals surface area contributed by atoms with E-state index in [9.17, 15) is 4.79 Å². The van der Waals surface area contributed by atoms with Gasteiger partial charge in [0.2, 0.25) is 5.91 Å². The second kappa shape index (κ2) is 4.44. The normalized spacial score (nSPS) is 15.3. The van der Waals surface area contributed by atoms with Crippen LogP contribution in [0.2, 0.25) is 0 Å². The molecule has 1 aromatic rings. The van der Waals surface area contributed by atoms with Crippen LogP contribution in [0.3, 0.4) is 0 Å². The molecule has 0 radical (unpaired) electrons. The molecule has 0 aliphatic heterocycles. The Bertz CT molecular complexity index is 343. The van der Waals surface area contributed by atoms with Crippen molar-refractivity contribution in [3.63, 3.8) is 0 Å². The molecule has 1 heterocycles. The highest BCUT2D eigenvalue weighted by Crippen LogP contribution is 2.21. The maximum absolute atomic E-state index is 11.3. The largest absolute Gasteiger partial charge is 0.368 e. The third-order valence-electron chi connectivity index (χ3n) is 2.39. The fraction of sp³-hybridized carbons (Fsp3) is 0.600. The minimum absolute atomic E-state index is 0.120. The number of amides is 1. The molecule has 4 N–H and O–H groups in total. The van der Waals surface area contributed by atoms with Gasteiger partial charge in [0, 0.05) is 12.2 Å². The van der Waals surface area contributed by atoms with Crippen LogP contribution in [0.1, 0.15) is 38.5 Å². The lowest BCUT2D eigenvalue weighted by Crippen LogP contribution is -2.32. The number of nitrogens with two attached hydrogens (primary N) is 2. The topological polar surface area (TPSA) is 86.9 Å². The van der Waals surface area contributed by atoms with E-state index < -0.39 is 0 Å². The van der Waals surface area contributed by atoms with Gasteiger partial charge >= 0.3 is 0 Å². The molecule has 15 heavy (non-hydrogen) atoms. The van der Waals surface area contributed by atoms with E-state index in [2.05, 4.69) is 4.98 Å². The number of hydrogen-bond acceptors (Lipinski definition) is 3. The molecule has 0 spiro atoms. The molecule has 0 aliphatic carbocycles. The van der Waals surface area contributed by atoms with Crippen molar-refractivity contribution in [1.82, 2.24) is 9.55 Å². The van der Waals surface area contributed by atoms with Crippen LogP contribution >= 0.6 is 0 Å². The van der Waals surface area contributed by atoms with Crippen molar-refractivity contribution >= 4 is 5.91 Å². The van der Waals surface area contributed by atoms with Crippen LogP contribution < -0.4 is 11.5 Å². The van der Waals surface area contributed by atoms with Crippen molar-refractivity contribution in [2.24, 2.45) is 17.4 Å². The van der Waals surface area contributed by atoms with E-state index in [1.807, 2.05) is 20.8 Å². The van der Waals surface area contributed by atoms with Crippen molar-refractivity contribution in [3.05, 3.63) is 18.2 Å². The summed E-state index contributed by atoms with van der Waals surface area (Å²) in [5, 5.41) is 0. The monoisotopic (exact) mass is 210 g/mol.